The second-order valence-electron chi connectivity index (χ2n) is 7.56. The molecule has 5 nitrogen and oxygen atoms in total. The molecule has 0 bridgehead atoms. The molecular weight excluding hydrogens is 458 g/mol. The molecule has 0 fully saturated rings. The minimum absolute atomic E-state index is 0.100. The summed E-state index contributed by atoms with van der Waals surface area (Å²) in [5, 5.41) is 2.29. The van der Waals surface area contributed by atoms with Crippen molar-refractivity contribution in [2.75, 3.05) is 34.1 Å². The summed E-state index contributed by atoms with van der Waals surface area (Å²) in [5.41, 5.74) is 2.25. The van der Waals surface area contributed by atoms with Gasteiger partial charge in [0.1, 0.15) is 18.4 Å². The number of rotatable bonds is 3. The van der Waals surface area contributed by atoms with Crippen molar-refractivity contribution >= 4 is 26.7 Å². The fourth-order valence-corrected chi connectivity index (χ4v) is 4.80. The van der Waals surface area contributed by atoms with Crippen LogP contribution in [-0.4, -0.2) is 39.0 Å². The van der Waals surface area contributed by atoms with E-state index >= 15 is 0 Å². The zero-order chi connectivity index (χ0) is 21.4. The van der Waals surface area contributed by atoms with E-state index in [4.69, 9.17) is 18.9 Å². The van der Waals surface area contributed by atoms with Gasteiger partial charge in [0.05, 0.1) is 11.6 Å². The maximum atomic E-state index is 5.97. The van der Waals surface area contributed by atoms with E-state index in [1.807, 2.05) is 18.2 Å². The molecule has 0 unspecified atom stereocenters. The van der Waals surface area contributed by atoms with E-state index in [-0.39, 0.29) is 12.8 Å². The van der Waals surface area contributed by atoms with Gasteiger partial charge in [-0.05, 0) is 57.9 Å². The van der Waals surface area contributed by atoms with Crippen LogP contribution in [0.3, 0.4) is 0 Å². The molecule has 2 aliphatic heterocycles. The first-order valence-electron chi connectivity index (χ1n) is 10.2. The Labute approximate surface area is 190 Å². The fourth-order valence-electron chi connectivity index (χ4n) is 4.19. The minimum Gasteiger partial charge on any atom is -0.492 e. The number of benzene rings is 3. The molecule has 0 aromatic heterocycles. The van der Waals surface area contributed by atoms with E-state index in [1.54, 1.807) is 7.11 Å². The molecule has 6 heteroatoms. The van der Waals surface area contributed by atoms with Crippen LogP contribution in [0.2, 0.25) is 0 Å². The third kappa shape index (κ3) is 3.58. The van der Waals surface area contributed by atoms with E-state index in [0.29, 0.717) is 18.1 Å². The summed E-state index contributed by atoms with van der Waals surface area (Å²) >= 11 is 3.67. The maximum absolute atomic E-state index is 5.97. The van der Waals surface area contributed by atoms with Crippen LogP contribution in [0.4, 0.5) is 0 Å². The third-order valence-corrected chi connectivity index (χ3v) is 6.58. The monoisotopic (exact) mass is 479 g/mol. The average molecular weight is 480 g/mol. The Morgan fingerprint density at radius 2 is 2.06 bits per heavy atom. The van der Waals surface area contributed by atoms with Gasteiger partial charge in [-0.1, -0.05) is 42.2 Å². The molecule has 0 amide bonds. The van der Waals surface area contributed by atoms with Crippen molar-refractivity contribution in [2.24, 2.45) is 0 Å². The average Bonchev–Trinajstić information content (AvgIpc) is 3.26. The first-order chi connectivity index (χ1) is 15.2. The summed E-state index contributed by atoms with van der Waals surface area (Å²) in [7, 11) is 3.74. The van der Waals surface area contributed by atoms with Crippen molar-refractivity contribution in [3.8, 4) is 34.8 Å². The van der Waals surface area contributed by atoms with E-state index < -0.39 is 0 Å². The predicted molar refractivity (Wildman–Crippen MR) is 123 cm³/mol. The molecule has 0 saturated heterocycles. The first kappa shape index (κ1) is 20.0. The molecule has 158 valence electrons. The topological polar surface area (TPSA) is 40.2 Å². The van der Waals surface area contributed by atoms with Crippen LogP contribution in [0, 0.1) is 11.8 Å². The Bertz CT molecular complexity index is 1210. The zero-order valence-corrected chi connectivity index (χ0v) is 19.0. The van der Waals surface area contributed by atoms with Crippen molar-refractivity contribution in [1.29, 1.82) is 0 Å². The Morgan fingerprint density at radius 1 is 1.19 bits per heavy atom. The predicted octanol–water partition coefficient (Wildman–Crippen LogP) is 4.95. The lowest BCUT2D eigenvalue weighted by Crippen LogP contribution is -2.31. The Kier molecular flexibility index (Phi) is 5.39. The van der Waals surface area contributed by atoms with E-state index in [1.165, 1.54) is 10.9 Å². The molecule has 0 saturated carbocycles. The highest BCUT2D eigenvalue weighted by Gasteiger charge is 2.33. The highest BCUT2D eigenvalue weighted by Crippen LogP contribution is 2.49. The minimum atomic E-state index is -0.100. The van der Waals surface area contributed by atoms with Gasteiger partial charge in [-0.3, -0.25) is 4.90 Å². The van der Waals surface area contributed by atoms with Gasteiger partial charge < -0.3 is 18.9 Å². The summed E-state index contributed by atoms with van der Waals surface area (Å²) in [4.78, 5) is 2.23. The number of hydrogen-bond acceptors (Lipinski definition) is 5. The maximum Gasteiger partial charge on any atom is 0.231 e. The quantitative estimate of drug-likeness (QED) is 0.497. The van der Waals surface area contributed by atoms with Gasteiger partial charge in [-0.25, -0.2) is 0 Å². The van der Waals surface area contributed by atoms with Crippen molar-refractivity contribution < 1.29 is 18.9 Å². The van der Waals surface area contributed by atoms with Crippen molar-refractivity contribution in [3.63, 3.8) is 0 Å². The van der Waals surface area contributed by atoms with Crippen molar-refractivity contribution in [2.45, 2.75) is 12.5 Å². The van der Waals surface area contributed by atoms with Crippen LogP contribution >= 0.6 is 15.9 Å². The molecular formula is C25H22BrNO4. The highest BCUT2D eigenvalue weighted by molar-refractivity contribution is 9.10. The van der Waals surface area contributed by atoms with E-state index in [0.717, 1.165) is 39.9 Å². The zero-order valence-electron chi connectivity index (χ0n) is 17.4. The van der Waals surface area contributed by atoms with Gasteiger partial charge in [-0.2, -0.15) is 0 Å². The van der Waals surface area contributed by atoms with E-state index in [2.05, 4.69) is 64.0 Å². The number of fused-ring (bicyclic) bond motifs is 3. The summed E-state index contributed by atoms with van der Waals surface area (Å²) in [5.74, 6) is 9.50. The smallest absolute Gasteiger partial charge is 0.231 e. The van der Waals surface area contributed by atoms with Gasteiger partial charge in [0.15, 0.2) is 11.5 Å². The molecule has 5 rings (SSSR count). The molecule has 0 radical (unpaired) electrons. The van der Waals surface area contributed by atoms with Gasteiger partial charge >= 0.3 is 0 Å². The van der Waals surface area contributed by atoms with Crippen LogP contribution < -0.4 is 18.9 Å². The molecule has 0 N–H and O–H groups in total. The Balaban J connectivity index is 1.40. The molecule has 31 heavy (non-hydrogen) atoms. The molecule has 3 aromatic rings. The number of halogens is 1. The lowest BCUT2D eigenvalue weighted by molar-refractivity contribution is 0.171. The third-order valence-electron chi connectivity index (χ3n) is 5.76. The second-order valence-corrected chi connectivity index (χ2v) is 8.35. The molecule has 2 heterocycles. The summed E-state index contributed by atoms with van der Waals surface area (Å²) in [6.45, 7) is 1.42. The standard InChI is InChI=1S/C25H22BrNO4/c1-27-12-11-17-14-21-24(31-15-30-21)25(28-2)22(17)19(27)8-5-13-29-20-10-9-16-6-3-4-7-18(16)23(20)26/h3-4,6-7,9-10,14,19H,11-13,15H2,1-2H3/t19-/m0/s1. The Hall–Kier alpha value is -2.88. The van der Waals surface area contributed by atoms with E-state index in [9.17, 15) is 0 Å². The second kappa shape index (κ2) is 8.33. The molecule has 3 aromatic carbocycles. The lowest BCUT2D eigenvalue weighted by Gasteiger charge is -2.32. The number of ether oxygens (including phenoxy) is 4. The van der Waals surface area contributed by atoms with Crippen molar-refractivity contribution in [1.82, 2.24) is 4.90 Å². The first-order valence-corrected chi connectivity index (χ1v) is 10.9. The molecule has 2 aliphatic rings. The highest BCUT2D eigenvalue weighted by atomic mass is 79.9. The molecule has 0 aliphatic carbocycles. The summed E-state index contributed by atoms with van der Waals surface area (Å²) in [6, 6.07) is 14.2. The van der Waals surface area contributed by atoms with Crippen LogP contribution in [-0.2, 0) is 6.42 Å². The van der Waals surface area contributed by atoms with Crippen LogP contribution in [0.1, 0.15) is 17.2 Å². The van der Waals surface area contributed by atoms with Gasteiger partial charge in [-0.15, -0.1) is 0 Å². The SMILES string of the molecule is COc1c2c(cc3c1[C@H](C#CCOc1ccc4ccccc4c1Br)N(C)CC3)OCO2. The van der Waals surface area contributed by atoms with Crippen LogP contribution in [0.15, 0.2) is 46.9 Å². The Morgan fingerprint density at radius 3 is 2.94 bits per heavy atom. The van der Waals surface area contributed by atoms with Gasteiger partial charge in [0, 0.05) is 12.1 Å². The number of hydrogen-bond donors (Lipinski definition) is 0. The normalized spacial score (nSPS) is 17.1. The largest absolute Gasteiger partial charge is 0.492 e. The van der Waals surface area contributed by atoms with Crippen LogP contribution in [0.25, 0.3) is 10.8 Å². The van der Waals surface area contributed by atoms with Crippen molar-refractivity contribution in [3.05, 3.63) is 58.1 Å². The van der Waals surface area contributed by atoms with Gasteiger partial charge in [0.25, 0.3) is 0 Å². The number of methoxy groups -OCH3 is 1. The fraction of sp³-hybridized carbons (Fsp3) is 0.280. The van der Waals surface area contributed by atoms with Crippen LogP contribution in [0.5, 0.6) is 23.0 Å². The molecule has 1 atom stereocenters. The summed E-state index contributed by atoms with van der Waals surface area (Å²) < 4.78 is 23.9. The van der Waals surface area contributed by atoms with Gasteiger partial charge in [0.2, 0.25) is 12.5 Å². The summed E-state index contributed by atoms with van der Waals surface area (Å²) in [6.07, 6.45) is 0.914. The lowest BCUT2D eigenvalue weighted by atomic mass is 9.91. The number of likely N-dealkylation sites (N-methyl/N-ethyl adjacent to an activating group) is 1. The molecule has 0 spiro atoms. The number of nitrogens with zero attached hydrogens (tertiary/aromatic N) is 1.